The summed E-state index contributed by atoms with van der Waals surface area (Å²) in [6.07, 6.45) is 2.09. The van der Waals surface area contributed by atoms with Crippen LogP contribution in [0.15, 0.2) is 36.4 Å². The lowest BCUT2D eigenvalue weighted by atomic mass is 10.0. The summed E-state index contributed by atoms with van der Waals surface area (Å²) in [5.74, 6) is 1.89. The van der Waals surface area contributed by atoms with Gasteiger partial charge in [0.15, 0.2) is 11.5 Å². The number of hydrogen-bond donors (Lipinski definition) is 0. The summed E-state index contributed by atoms with van der Waals surface area (Å²) in [5.41, 5.74) is 2.09. The minimum Gasteiger partial charge on any atom is -0.497 e. The van der Waals surface area contributed by atoms with Gasteiger partial charge in [0, 0.05) is 24.2 Å². The molecule has 0 radical (unpaired) electrons. The summed E-state index contributed by atoms with van der Waals surface area (Å²) in [6, 6.07) is 11.2. The Kier molecular flexibility index (Phi) is 6.57. The van der Waals surface area contributed by atoms with Gasteiger partial charge in [0.1, 0.15) is 11.5 Å². The van der Waals surface area contributed by atoms with Crippen molar-refractivity contribution >= 4 is 0 Å². The van der Waals surface area contributed by atoms with Crippen molar-refractivity contribution in [2.24, 2.45) is 0 Å². The first-order valence-electron chi connectivity index (χ1n) is 9.13. The number of alkyl halides is 2. The number of hydrogen-bond acceptors (Lipinski definition) is 5. The number of rotatable bonds is 8. The first kappa shape index (κ1) is 20.2. The molecule has 28 heavy (non-hydrogen) atoms. The van der Waals surface area contributed by atoms with Gasteiger partial charge in [-0.15, -0.1) is 0 Å². The van der Waals surface area contributed by atoms with Crippen molar-refractivity contribution in [3.63, 3.8) is 0 Å². The van der Waals surface area contributed by atoms with Crippen LogP contribution in [-0.2, 0) is 6.54 Å². The second kappa shape index (κ2) is 9.10. The molecule has 0 aliphatic carbocycles. The highest BCUT2D eigenvalue weighted by Gasteiger charge is 2.28. The highest BCUT2D eigenvalue weighted by Crippen LogP contribution is 2.40. The Morgan fingerprint density at radius 3 is 2.43 bits per heavy atom. The lowest BCUT2D eigenvalue weighted by Gasteiger charge is -2.26. The van der Waals surface area contributed by atoms with Gasteiger partial charge in [-0.3, -0.25) is 4.90 Å². The Balaban J connectivity index is 1.81. The second-order valence-corrected chi connectivity index (χ2v) is 6.60. The third-order valence-corrected chi connectivity index (χ3v) is 4.99. The molecular formula is C21H25F2NO4. The molecular weight excluding hydrogens is 368 g/mol. The van der Waals surface area contributed by atoms with Crippen LogP contribution in [0.2, 0.25) is 0 Å². The first-order chi connectivity index (χ1) is 13.5. The fourth-order valence-corrected chi connectivity index (χ4v) is 3.70. The number of methoxy groups -OCH3 is 3. The summed E-state index contributed by atoms with van der Waals surface area (Å²) < 4.78 is 45.6. The highest BCUT2D eigenvalue weighted by atomic mass is 19.3. The van der Waals surface area contributed by atoms with Crippen LogP contribution in [0.3, 0.4) is 0 Å². The van der Waals surface area contributed by atoms with Gasteiger partial charge < -0.3 is 18.9 Å². The molecule has 0 bridgehead atoms. The SMILES string of the molecule is COc1ccc(C2CCCN2Cc2ccc(OC(F)F)c(OC)c2)c(OC)c1. The summed E-state index contributed by atoms with van der Waals surface area (Å²) >= 11 is 0. The number of nitrogens with zero attached hydrogens (tertiary/aromatic N) is 1. The van der Waals surface area contributed by atoms with E-state index in [1.807, 2.05) is 18.2 Å². The predicted molar refractivity (Wildman–Crippen MR) is 102 cm³/mol. The van der Waals surface area contributed by atoms with Crippen molar-refractivity contribution in [3.8, 4) is 23.0 Å². The van der Waals surface area contributed by atoms with Gasteiger partial charge in [-0.25, -0.2) is 0 Å². The van der Waals surface area contributed by atoms with Gasteiger partial charge in [-0.1, -0.05) is 12.1 Å². The maximum atomic E-state index is 12.5. The van der Waals surface area contributed by atoms with Gasteiger partial charge in [0.25, 0.3) is 0 Å². The number of likely N-dealkylation sites (tertiary alicyclic amines) is 1. The maximum absolute atomic E-state index is 12.5. The molecule has 0 amide bonds. The van der Waals surface area contributed by atoms with Crippen LogP contribution in [0.1, 0.15) is 30.0 Å². The summed E-state index contributed by atoms with van der Waals surface area (Å²) in [5, 5.41) is 0. The van der Waals surface area contributed by atoms with Crippen LogP contribution in [0.5, 0.6) is 23.0 Å². The Hall–Kier alpha value is -2.54. The van der Waals surface area contributed by atoms with E-state index in [1.165, 1.54) is 13.2 Å². The fraction of sp³-hybridized carbons (Fsp3) is 0.429. The molecule has 1 unspecified atom stereocenters. The van der Waals surface area contributed by atoms with Crippen LogP contribution in [-0.4, -0.2) is 39.4 Å². The molecule has 1 saturated heterocycles. The molecule has 2 aromatic carbocycles. The standard InChI is InChI=1S/C21H25F2NO4/c1-25-15-7-8-16(19(12-15)26-2)17-5-4-10-24(17)13-14-6-9-18(28-21(22)23)20(11-14)27-3/h6-9,11-12,17,21H,4-5,10,13H2,1-3H3. The maximum Gasteiger partial charge on any atom is 0.387 e. The van der Waals surface area contributed by atoms with E-state index in [0.717, 1.165) is 42.0 Å². The normalized spacial score (nSPS) is 17.0. The minimum absolute atomic E-state index is 0.0380. The van der Waals surface area contributed by atoms with Gasteiger partial charge >= 0.3 is 6.61 Å². The minimum atomic E-state index is -2.88. The smallest absolute Gasteiger partial charge is 0.387 e. The topological polar surface area (TPSA) is 40.2 Å². The Labute approximate surface area is 163 Å². The van der Waals surface area contributed by atoms with E-state index in [0.29, 0.717) is 12.3 Å². The Bertz CT molecular complexity index is 800. The van der Waals surface area contributed by atoms with Gasteiger partial charge in [-0.05, 0) is 43.1 Å². The van der Waals surface area contributed by atoms with Crippen LogP contribution in [0.4, 0.5) is 8.78 Å². The van der Waals surface area contributed by atoms with Crippen molar-refractivity contribution in [3.05, 3.63) is 47.5 Å². The molecule has 7 heteroatoms. The van der Waals surface area contributed by atoms with Gasteiger partial charge in [0.05, 0.1) is 21.3 Å². The van der Waals surface area contributed by atoms with Crippen LogP contribution in [0.25, 0.3) is 0 Å². The number of benzene rings is 2. The second-order valence-electron chi connectivity index (χ2n) is 6.60. The zero-order chi connectivity index (χ0) is 20.1. The molecule has 1 heterocycles. The Morgan fingerprint density at radius 2 is 1.75 bits per heavy atom. The molecule has 3 rings (SSSR count). The molecule has 1 atom stereocenters. The van der Waals surface area contributed by atoms with E-state index in [9.17, 15) is 8.78 Å². The van der Waals surface area contributed by atoms with Crippen LogP contribution < -0.4 is 18.9 Å². The Morgan fingerprint density at radius 1 is 0.964 bits per heavy atom. The lowest BCUT2D eigenvalue weighted by molar-refractivity contribution is -0.0512. The third kappa shape index (κ3) is 4.47. The monoisotopic (exact) mass is 393 g/mol. The molecule has 1 aliphatic rings. The molecule has 152 valence electrons. The zero-order valence-corrected chi connectivity index (χ0v) is 16.3. The van der Waals surface area contributed by atoms with Crippen molar-refractivity contribution in [1.29, 1.82) is 0 Å². The molecule has 0 saturated carbocycles. The van der Waals surface area contributed by atoms with E-state index in [2.05, 4.69) is 9.64 Å². The molecule has 0 N–H and O–H groups in total. The molecule has 1 fully saturated rings. The first-order valence-corrected chi connectivity index (χ1v) is 9.13. The lowest BCUT2D eigenvalue weighted by Crippen LogP contribution is -2.23. The van der Waals surface area contributed by atoms with Crippen LogP contribution in [0, 0.1) is 0 Å². The zero-order valence-electron chi connectivity index (χ0n) is 16.3. The van der Waals surface area contributed by atoms with Crippen molar-refractivity contribution in [1.82, 2.24) is 4.90 Å². The average Bonchev–Trinajstić information content (AvgIpc) is 3.15. The van der Waals surface area contributed by atoms with E-state index in [4.69, 9.17) is 14.2 Å². The average molecular weight is 393 g/mol. The van der Waals surface area contributed by atoms with Crippen molar-refractivity contribution in [2.45, 2.75) is 32.0 Å². The van der Waals surface area contributed by atoms with E-state index >= 15 is 0 Å². The number of halogens is 2. The summed E-state index contributed by atoms with van der Waals surface area (Å²) in [4.78, 5) is 2.35. The largest absolute Gasteiger partial charge is 0.497 e. The quantitative estimate of drug-likeness (QED) is 0.653. The van der Waals surface area contributed by atoms with Gasteiger partial charge in [-0.2, -0.15) is 8.78 Å². The van der Waals surface area contributed by atoms with E-state index in [-0.39, 0.29) is 11.8 Å². The molecule has 2 aromatic rings. The molecule has 1 aliphatic heterocycles. The highest BCUT2D eigenvalue weighted by molar-refractivity contribution is 5.44. The molecule has 5 nitrogen and oxygen atoms in total. The van der Waals surface area contributed by atoms with Crippen molar-refractivity contribution < 1.29 is 27.7 Å². The third-order valence-electron chi connectivity index (χ3n) is 4.99. The van der Waals surface area contributed by atoms with E-state index in [1.54, 1.807) is 26.4 Å². The predicted octanol–water partition coefficient (Wildman–Crippen LogP) is 4.65. The van der Waals surface area contributed by atoms with Gasteiger partial charge in [0.2, 0.25) is 0 Å². The number of ether oxygens (including phenoxy) is 4. The summed E-state index contributed by atoms with van der Waals surface area (Å²) in [6.45, 7) is -1.27. The van der Waals surface area contributed by atoms with E-state index < -0.39 is 6.61 Å². The summed E-state index contributed by atoms with van der Waals surface area (Å²) in [7, 11) is 4.73. The fourth-order valence-electron chi connectivity index (χ4n) is 3.70. The molecule has 0 spiro atoms. The van der Waals surface area contributed by atoms with Crippen molar-refractivity contribution in [2.75, 3.05) is 27.9 Å². The van der Waals surface area contributed by atoms with Crippen LogP contribution >= 0.6 is 0 Å². The molecule has 0 aromatic heterocycles.